The Morgan fingerprint density at radius 3 is 2.57 bits per heavy atom. The molecule has 0 aromatic rings. The molecule has 0 aliphatic heterocycles. The van der Waals surface area contributed by atoms with Crippen LogP contribution < -0.4 is 5.32 Å². The normalized spacial score (nSPS) is 16.5. The van der Waals surface area contributed by atoms with Crippen molar-refractivity contribution in [2.75, 3.05) is 0 Å². The molecule has 0 spiro atoms. The molecule has 0 fully saturated rings. The minimum absolute atomic E-state index is 0.133. The van der Waals surface area contributed by atoms with Crippen molar-refractivity contribution in [1.29, 1.82) is 0 Å². The van der Waals surface area contributed by atoms with E-state index in [0.717, 1.165) is 12.7 Å². The molecule has 2 atom stereocenters. The Labute approximate surface area is 85.6 Å². The van der Waals surface area contributed by atoms with Crippen LogP contribution in [0, 0.1) is 5.92 Å². The van der Waals surface area contributed by atoms with Crippen molar-refractivity contribution in [2.45, 2.75) is 39.2 Å². The SMILES string of the molecule is C=CC(=O)NC(C)(CC)C(C)CC=O. The van der Waals surface area contributed by atoms with Crippen LogP contribution in [0.3, 0.4) is 0 Å². The van der Waals surface area contributed by atoms with Crippen LogP contribution in [0.5, 0.6) is 0 Å². The molecular formula is C11H19NO2. The smallest absolute Gasteiger partial charge is 0.243 e. The van der Waals surface area contributed by atoms with Gasteiger partial charge in [-0.05, 0) is 25.3 Å². The first kappa shape index (κ1) is 12.9. The first-order valence-corrected chi connectivity index (χ1v) is 4.88. The number of carbonyl (C=O) groups excluding carboxylic acids is 2. The second-order valence-electron chi connectivity index (χ2n) is 3.77. The molecule has 1 amide bonds. The van der Waals surface area contributed by atoms with Crippen LogP contribution in [0.4, 0.5) is 0 Å². The Hall–Kier alpha value is -1.12. The third kappa shape index (κ3) is 3.32. The van der Waals surface area contributed by atoms with Gasteiger partial charge in [-0.15, -0.1) is 0 Å². The van der Waals surface area contributed by atoms with Gasteiger partial charge in [0, 0.05) is 12.0 Å². The van der Waals surface area contributed by atoms with Crippen LogP contribution in [0.15, 0.2) is 12.7 Å². The molecule has 3 nitrogen and oxygen atoms in total. The van der Waals surface area contributed by atoms with Gasteiger partial charge in [0.15, 0.2) is 0 Å². The van der Waals surface area contributed by atoms with Gasteiger partial charge in [0.05, 0.1) is 0 Å². The van der Waals surface area contributed by atoms with E-state index < -0.39 is 0 Å². The molecule has 0 aromatic carbocycles. The Kier molecular flexibility index (Phi) is 5.13. The highest BCUT2D eigenvalue weighted by molar-refractivity contribution is 5.87. The summed E-state index contributed by atoms with van der Waals surface area (Å²) >= 11 is 0. The van der Waals surface area contributed by atoms with Crippen molar-refractivity contribution in [2.24, 2.45) is 5.92 Å². The fourth-order valence-electron chi connectivity index (χ4n) is 1.30. The molecule has 3 heteroatoms. The summed E-state index contributed by atoms with van der Waals surface area (Å²) in [5.74, 6) is -0.0546. The quantitative estimate of drug-likeness (QED) is 0.520. The van der Waals surface area contributed by atoms with Crippen LogP contribution in [-0.4, -0.2) is 17.7 Å². The Balaban J connectivity index is 4.51. The van der Waals surface area contributed by atoms with E-state index in [-0.39, 0.29) is 17.4 Å². The number of aldehydes is 1. The van der Waals surface area contributed by atoms with Gasteiger partial charge >= 0.3 is 0 Å². The zero-order valence-corrected chi connectivity index (χ0v) is 9.17. The topological polar surface area (TPSA) is 46.2 Å². The maximum atomic E-state index is 11.2. The summed E-state index contributed by atoms with van der Waals surface area (Å²) in [7, 11) is 0. The minimum atomic E-state index is -0.327. The van der Waals surface area contributed by atoms with E-state index in [0.29, 0.717) is 6.42 Å². The highest BCUT2D eigenvalue weighted by Gasteiger charge is 2.29. The number of hydrogen-bond donors (Lipinski definition) is 1. The average Bonchev–Trinajstić information content (AvgIpc) is 2.17. The number of rotatable bonds is 6. The van der Waals surface area contributed by atoms with E-state index in [4.69, 9.17) is 0 Å². The second kappa shape index (κ2) is 5.58. The molecule has 0 bridgehead atoms. The summed E-state index contributed by atoms with van der Waals surface area (Å²) in [5.41, 5.74) is -0.327. The predicted octanol–water partition coefficient (Wildman–Crippen LogP) is 1.68. The molecule has 0 aliphatic carbocycles. The maximum Gasteiger partial charge on any atom is 0.243 e. The largest absolute Gasteiger partial charge is 0.347 e. The predicted molar refractivity (Wildman–Crippen MR) is 56.9 cm³/mol. The number of hydrogen-bond acceptors (Lipinski definition) is 2. The molecule has 0 saturated carbocycles. The average molecular weight is 197 g/mol. The third-order valence-corrected chi connectivity index (χ3v) is 2.87. The summed E-state index contributed by atoms with van der Waals surface area (Å²) in [6, 6.07) is 0. The molecule has 0 saturated heterocycles. The monoisotopic (exact) mass is 197 g/mol. The molecule has 0 aliphatic rings. The van der Waals surface area contributed by atoms with E-state index >= 15 is 0 Å². The highest BCUT2D eigenvalue weighted by Crippen LogP contribution is 2.22. The summed E-state index contributed by atoms with van der Waals surface area (Å²) in [4.78, 5) is 21.6. The van der Waals surface area contributed by atoms with Crippen molar-refractivity contribution >= 4 is 12.2 Å². The van der Waals surface area contributed by atoms with E-state index in [1.165, 1.54) is 6.08 Å². The van der Waals surface area contributed by atoms with E-state index in [2.05, 4.69) is 11.9 Å². The molecule has 0 radical (unpaired) electrons. The van der Waals surface area contributed by atoms with Gasteiger partial charge in [-0.1, -0.05) is 20.4 Å². The van der Waals surface area contributed by atoms with Gasteiger partial charge in [-0.25, -0.2) is 0 Å². The van der Waals surface area contributed by atoms with Crippen molar-refractivity contribution in [1.82, 2.24) is 5.32 Å². The lowest BCUT2D eigenvalue weighted by Crippen LogP contribution is -2.49. The Morgan fingerprint density at radius 2 is 2.21 bits per heavy atom. The third-order valence-electron chi connectivity index (χ3n) is 2.87. The lowest BCUT2D eigenvalue weighted by Gasteiger charge is -2.34. The Bertz CT molecular complexity index is 225. The first-order valence-electron chi connectivity index (χ1n) is 4.88. The number of amides is 1. The molecule has 0 aromatic heterocycles. The number of nitrogens with one attached hydrogen (secondary N) is 1. The van der Waals surface area contributed by atoms with E-state index in [9.17, 15) is 9.59 Å². The minimum Gasteiger partial charge on any atom is -0.347 e. The van der Waals surface area contributed by atoms with E-state index in [1.54, 1.807) is 0 Å². The van der Waals surface area contributed by atoms with Gasteiger partial charge < -0.3 is 10.1 Å². The molecule has 2 unspecified atom stereocenters. The summed E-state index contributed by atoms with van der Waals surface area (Å²) in [5, 5.41) is 2.86. The number of carbonyl (C=O) groups is 2. The molecule has 80 valence electrons. The standard InChI is InChI=1S/C11H19NO2/c1-5-10(14)12-11(4,6-2)9(3)7-8-13/h5,8-9H,1,6-7H2,2-4H3,(H,12,14). The van der Waals surface area contributed by atoms with Crippen molar-refractivity contribution in [3.8, 4) is 0 Å². The second-order valence-corrected chi connectivity index (χ2v) is 3.77. The lowest BCUT2D eigenvalue weighted by molar-refractivity contribution is -0.119. The van der Waals surface area contributed by atoms with Crippen LogP contribution in [0.25, 0.3) is 0 Å². The van der Waals surface area contributed by atoms with Crippen LogP contribution in [-0.2, 0) is 9.59 Å². The molecule has 14 heavy (non-hydrogen) atoms. The van der Waals surface area contributed by atoms with Crippen LogP contribution in [0.2, 0.25) is 0 Å². The van der Waals surface area contributed by atoms with Gasteiger partial charge in [0.25, 0.3) is 0 Å². The summed E-state index contributed by atoms with van der Waals surface area (Å²) in [6.45, 7) is 9.30. The van der Waals surface area contributed by atoms with Crippen molar-refractivity contribution in [3.05, 3.63) is 12.7 Å². The zero-order valence-electron chi connectivity index (χ0n) is 9.17. The van der Waals surface area contributed by atoms with Crippen LogP contribution in [0.1, 0.15) is 33.6 Å². The fraction of sp³-hybridized carbons (Fsp3) is 0.636. The molecule has 1 N–H and O–H groups in total. The molecular weight excluding hydrogens is 178 g/mol. The highest BCUT2D eigenvalue weighted by atomic mass is 16.1. The fourth-order valence-corrected chi connectivity index (χ4v) is 1.30. The summed E-state index contributed by atoms with van der Waals surface area (Å²) in [6.07, 6.45) is 3.39. The van der Waals surface area contributed by atoms with Gasteiger partial charge in [0.2, 0.25) is 5.91 Å². The molecule has 0 rings (SSSR count). The maximum absolute atomic E-state index is 11.2. The van der Waals surface area contributed by atoms with Crippen molar-refractivity contribution < 1.29 is 9.59 Å². The summed E-state index contributed by atoms with van der Waals surface area (Å²) < 4.78 is 0. The molecule has 0 heterocycles. The van der Waals surface area contributed by atoms with Gasteiger partial charge in [-0.3, -0.25) is 4.79 Å². The van der Waals surface area contributed by atoms with E-state index in [1.807, 2.05) is 20.8 Å². The lowest BCUT2D eigenvalue weighted by atomic mass is 9.82. The van der Waals surface area contributed by atoms with Gasteiger partial charge in [-0.2, -0.15) is 0 Å². The van der Waals surface area contributed by atoms with Gasteiger partial charge in [0.1, 0.15) is 6.29 Å². The zero-order chi connectivity index (χ0) is 11.2. The van der Waals surface area contributed by atoms with Crippen molar-refractivity contribution in [3.63, 3.8) is 0 Å². The first-order chi connectivity index (χ1) is 6.50. The Morgan fingerprint density at radius 1 is 1.64 bits per heavy atom. The van der Waals surface area contributed by atoms with Crippen LogP contribution >= 0.6 is 0 Å².